The van der Waals surface area contributed by atoms with Crippen LogP contribution in [-0.4, -0.2) is 23.4 Å². The lowest BCUT2D eigenvalue weighted by Gasteiger charge is -2.31. The van der Waals surface area contributed by atoms with Crippen LogP contribution < -0.4 is 9.03 Å². The van der Waals surface area contributed by atoms with Crippen LogP contribution in [0.1, 0.15) is 17.5 Å². The lowest BCUT2D eigenvalue weighted by Crippen LogP contribution is -2.35. The van der Waals surface area contributed by atoms with Crippen molar-refractivity contribution in [2.24, 2.45) is 0 Å². The molecule has 1 aliphatic rings. The molecule has 3 aromatic carbocycles. The minimum atomic E-state index is -4.12. The highest BCUT2D eigenvalue weighted by Crippen LogP contribution is 2.34. The zero-order valence-electron chi connectivity index (χ0n) is 16.7. The second-order valence-corrected chi connectivity index (χ2v) is 10.9. The molecule has 4 rings (SSSR count). The Morgan fingerprint density at radius 3 is 2.35 bits per heavy atom. The lowest BCUT2D eigenvalue weighted by molar-refractivity contribution is 0.570. The molecule has 162 valence electrons. The van der Waals surface area contributed by atoms with E-state index in [9.17, 15) is 21.2 Å². The molecule has 0 fully saturated rings. The number of aryl methyl sites for hydroxylation is 2. The first-order valence-corrected chi connectivity index (χ1v) is 12.6. The van der Waals surface area contributed by atoms with Gasteiger partial charge in [0, 0.05) is 12.2 Å². The van der Waals surface area contributed by atoms with Gasteiger partial charge in [-0.2, -0.15) is 0 Å². The highest BCUT2D eigenvalue weighted by Gasteiger charge is 2.29. The second-order valence-electron chi connectivity index (χ2n) is 7.37. The number of hydrogen-bond donors (Lipinski definition) is 1. The van der Waals surface area contributed by atoms with Crippen LogP contribution >= 0.6 is 0 Å². The van der Waals surface area contributed by atoms with Gasteiger partial charge in [0.2, 0.25) is 0 Å². The van der Waals surface area contributed by atoms with Crippen LogP contribution in [0.25, 0.3) is 0 Å². The van der Waals surface area contributed by atoms with Crippen LogP contribution in [0.3, 0.4) is 0 Å². The van der Waals surface area contributed by atoms with Crippen molar-refractivity contribution in [3.8, 4) is 0 Å². The largest absolute Gasteiger partial charge is 0.280 e. The maximum absolute atomic E-state index is 13.9. The van der Waals surface area contributed by atoms with Crippen molar-refractivity contribution >= 4 is 31.4 Å². The van der Waals surface area contributed by atoms with Gasteiger partial charge in [0.1, 0.15) is 10.7 Å². The Hall–Kier alpha value is -2.91. The average molecular weight is 461 g/mol. The minimum Gasteiger partial charge on any atom is -0.280 e. The number of nitrogens with one attached hydrogen (secondary N) is 1. The van der Waals surface area contributed by atoms with Crippen molar-refractivity contribution in [1.29, 1.82) is 0 Å². The maximum Gasteiger partial charge on any atom is 0.264 e. The molecule has 0 amide bonds. The molecule has 3 aromatic rings. The fraction of sp³-hybridized carbons (Fsp3) is 0.182. The molecule has 0 saturated carbocycles. The maximum atomic E-state index is 13.9. The van der Waals surface area contributed by atoms with E-state index in [2.05, 4.69) is 4.72 Å². The molecule has 31 heavy (non-hydrogen) atoms. The van der Waals surface area contributed by atoms with Crippen molar-refractivity contribution in [1.82, 2.24) is 0 Å². The molecule has 0 radical (unpaired) electrons. The van der Waals surface area contributed by atoms with Crippen molar-refractivity contribution in [2.45, 2.75) is 29.6 Å². The van der Waals surface area contributed by atoms with E-state index in [4.69, 9.17) is 0 Å². The summed E-state index contributed by atoms with van der Waals surface area (Å²) < 4.78 is 69.2. The smallest absolute Gasteiger partial charge is 0.264 e. The number of hydrogen-bond acceptors (Lipinski definition) is 4. The molecule has 0 aromatic heterocycles. The van der Waals surface area contributed by atoms with Gasteiger partial charge in [-0.05, 0) is 67.8 Å². The Bertz CT molecular complexity index is 1340. The van der Waals surface area contributed by atoms with Gasteiger partial charge in [0.15, 0.2) is 0 Å². The Labute approximate surface area is 181 Å². The van der Waals surface area contributed by atoms with Crippen LogP contribution in [0.5, 0.6) is 0 Å². The van der Waals surface area contributed by atoms with E-state index in [1.54, 1.807) is 36.4 Å². The Kier molecular flexibility index (Phi) is 5.49. The zero-order valence-corrected chi connectivity index (χ0v) is 18.4. The number of nitrogens with zero attached hydrogens (tertiary/aromatic N) is 1. The second kappa shape index (κ2) is 7.97. The standard InChI is InChI=1S/C22H21FN2O4S2/c1-16-8-11-19(12-9-16)31(28,29)25-14-4-5-17-15-18(10-13-21(17)25)24-30(26,27)22-7-3-2-6-20(22)23/h2-3,6-13,15,24H,4-5,14H2,1H3. The summed E-state index contributed by atoms with van der Waals surface area (Å²) in [4.78, 5) is -0.244. The Morgan fingerprint density at radius 1 is 0.935 bits per heavy atom. The number of rotatable bonds is 5. The Balaban J connectivity index is 1.66. The third-order valence-corrected chi connectivity index (χ3v) is 8.38. The van der Waals surface area contributed by atoms with Crippen LogP contribution in [0.2, 0.25) is 0 Å². The summed E-state index contributed by atoms with van der Waals surface area (Å²) in [6, 6.07) is 16.4. The number of benzene rings is 3. The van der Waals surface area contributed by atoms with Gasteiger partial charge in [-0.15, -0.1) is 0 Å². The van der Waals surface area contributed by atoms with Crippen LogP contribution in [-0.2, 0) is 26.5 Å². The van der Waals surface area contributed by atoms with Gasteiger partial charge in [0.05, 0.1) is 10.6 Å². The summed E-state index contributed by atoms with van der Waals surface area (Å²) in [6.07, 6.45) is 1.20. The van der Waals surface area contributed by atoms with E-state index in [0.29, 0.717) is 30.6 Å². The molecular weight excluding hydrogens is 439 g/mol. The number of fused-ring (bicyclic) bond motifs is 1. The fourth-order valence-electron chi connectivity index (χ4n) is 3.59. The van der Waals surface area contributed by atoms with E-state index in [1.807, 2.05) is 6.92 Å². The monoisotopic (exact) mass is 460 g/mol. The SMILES string of the molecule is Cc1ccc(S(=O)(=O)N2CCCc3cc(NS(=O)(=O)c4ccccc4F)ccc32)cc1. The number of anilines is 2. The van der Waals surface area contributed by atoms with Crippen molar-refractivity contribution in [3.63, 3.8) is 0 Å². The van der Waals surface area contributed by atoms with E-state index in [1.165, 1.54) is 28.6 Å². The molecule has 6 nitrogen and oxygen atoms in total. The number of sulfonamides is 2. The van der Waals surface area contributed by atoms with Crippen LogP contribution in [0.15, 0.2) is 76.5 Å². The van der Waals surface area contributed by atoms with Crippen molar-refractivity contribution in [2.75, 3.05) is 15.6 Å². The lowest BCUT2D eigenvalue weighted by atomic mass is 10.0. The highest BCUT2D eigenvalue weighted by molar-refractivity contribution is 7.93. The third kappa shape index (κ3) is 4.15. The molecular formula is C22H21FN2O4S2. The van der Waals surface area contributed by atoms with Crippen molar-refractivity contribution in [3.05, 3.63) is 83.7 Å². The van der Waals surface area contributed by atoms with E-state index < -0.39 is 30.8 Å². The van der Waals surface area contributed by atoms with Crippen LogP contribution in [0, 0.1) is 12.7 Å². The molecule has 0 bridgehead atoms. The van der Waals surface area contributed by atoms with Gasteiger partial charge in [-0.1, -0.05) is 29.8 Å². The van der Waals surface area contributed by atoms with Crippen molar-refractivity contribution < 1.29 is 21.2 Å². The summed E-state index contributed by atoms with van der Waals surface area (Å²) in [5.41, 5.74) is 2.43. The molecule has 0 atom stereocenters. The first kappa shape index (κ1) is 21.3. The predicted octanol–water partition coefficient (Wildman–Crippen LogP) is 4.08. The molecule has 9 heteroatoms. The highest BCUT2D eigenvalue weighted by atomic mass is 32.2. The quantitative estimate of drug-likeness (QED) is 0.622. The van der Waals surface area contributed by atoms with E-state index in [-0.39, 0.29) is 10.6 Å². The number of halogens is 1. The summed E-state index contributed by atoms with van der Waals surface area (Å²) >= 11 is 0. The summed E-state index contributed by atoms with van der Waals surface area (Å²) in [5, 5.41) is 0. The van der Waals surface area contributed by atoms with Gasteiger partial charge in [-0.25, -0.2) is 21.2 Å². The average Bonchev–Trinajstić information content (AvgIpc) is 2.73. The van der Waals surface area contributed by atoms with Gasteiger partial charge >= 0.3 is 0 Å². The van der Waals surface area contributed by atoms with Gasteiger partial charge in [0.25, 0.3) is 20.0 Å². The van der Waals surface area contributed by atoms with Gasteiger partial charge < -0.3 is 0 Å². The third-order valence-electron chi connectivity index (χ3n) is 5.14. The molecule has 0 unspecified atom stereocenters. The molecule has 1 heterocycles. The summed E-state index contributed by atoms with van der Waals surface area (Å²) in [6.45, 7) is 2.22. The zero-order chi connectivity index (χ0) is 22.2. The molecule has 0 spiro atoms. The van der Waals surface area contributed by atoms with E-state index in [0.717, 1.165) is 11.6 Å². The topological polar surface area (TPSA) is 83.6 Å². The first-order chi connectivity index (χ1) is 14.7. The van der Waals surface area contributed by atoms with E-state index >= 15 is 0 Å². The fourth-order valence-corrected chi connectivity index (χ4v) is 6.26. The molecule has 0 saturated heterocycles. The molecule has 0 aliphatic carbocycles. The Morgan fingerprint density at radius 2 is 1.65 bits per heavy atom. The van der Waals surface area contributed by atoms with Gasteiger partial charge in [-0.3, -0.25) is 9.03 Å². The first-order valence-electron chi connectivity index (χ1n) is 9.68. The normalized spacial score (nSPS) is 14.2. The van der Waals surface area contributed by atoms with Crippen LogP contribution in [0.4, 0.5) is 15.8 Å². The summed E-state index contributed by atoms with van der Waals surface area (Å²) in [7, 11) is -7.86. The predicted molar refractivity (Wildman–Crippen MR) is 118 cm³/mol. The minimum absolute atomic E-state index is 0.204. The molecule has 1 aliphatic heterocycles. The molecule has 1 N–H and O–H groups in total. The summed E-state index contributed by atoms with van der Waals surface area (Å²) in [5.74, 6) is -0.844.